The van der Waals surface area contributed by atoms with Gasteiger partial charge in [-0.3, -0.25) is 4.79 Å². The van der Waals surface area contributed by atoms with Crippen molar-refractivity contribution in [3.63, 3.8) is 0 Å². The largest absolute Gasteiger partial charge is 0.381 e. The Kier molecular flexibility index (Phi) is 8.12. The first-order chi connectivity index (χ1) is 16.5. The van der Waals surface area contributed by atoms with E-state index in [0.717, 1.165) is 48.5 Å². The van der Waals surface area contributed by atoms with Crippen LogP contribution in [-0.4, -0.2) is 50.1 Å². The molecule has 1 fully saturated rings. The number of nitrogens with zero attached hydrogens (tertiary/aromatic N) is 4. The highest BCUT2D eigenvalue weighted by Crippen LogP contribution is 2.23. The van der Waals surface area contributed by atoms with Crippen molar-refractivity contribution in [2.75, 3.05) is 34.5 Å². The first-order valence-corrected chi connectivity index (χ1v) is 12.6. The number of allylic oxidation sites excluding steroid dienone is 1. The fraction of sp³-hybridized carbons (Fsp3) is 0.417. The minimum Gasteiger partial charge on any atom is -0.381 e. The first kappa shape index (κ1) is 24.2. The molecule has 3 aromatic rings. The third-order valence-electron chi connectivity index (χ3n) is 5.58. The minimum atomic E-state index is -0.163. The number of hydrogen-bond donors (Lipinski definition) is 3. The van der Waals surface area contributed by atoms with Crippen LogP contribution in [0.15, 0.2) is 42.6 Å². The van der Waals surface area contributed by atoms with Gasteiger partial charge in [0.05, 0.1) is 6.20 Å². The molecule has 0 spiro atoms. The summed E-state index contributed by atoms with van der Waals surface area (Å²) in [4.78, 5) is 21.5. The molecule has 1 aliphatic rings. The SMILES string of the molecule is CC(C)c1cnn2c(NCc3cccc(NC(=O)C=CCBr)c3)nc(NC3CCOCC3)nc12. The lowest BCUT2D eigenvalue weighted by Gasteiger charge is -2.23. The fourth-order valence-corrected chi connectivity index (χ4v) is 3.97. The molecule has 0 aliphatic carbocycles. The van der Waals surface area contributed by atoms with Crippen molar-refractivity contribution in [3.8, 4) is 0 Å². The van der Waals surface area contributed by atoms with Crippen LogP contribution < -0.4 is 16.0 Å². The van der Waals surface area contributed by atoms with Gasteiger partial charge in [0.1, 0.15) is 0 Å². The van der Waals surface area contributed by atoms with Gasteiger partial charge in [0, 0.05) is 48.5 Å². The molecule has 1 amide bonds. The summed E-state index contributed by atoms with van der Waals surface area (Å²) in [6.07, 6.45) is 6.97. The Morgan fingerprint density at radius 2 is 2.12 bits per heavy atom. The third-order valence-corrected chi connectivity index (χ3v) is 5.95. The number of benzene rings is 1. The smallest absolute Gasteiger partial charge is 0.248 e. The highest BCUT2D eigenvalue weighted by molar-refractivity contribution is 9.09. The summed E-state index contributed by atoms with van der Waals surface area (Å²) in [6, 6.07) is 8.01. The van der Waals surface area contributed by atoms with E-state index >= 15 is 0 Å². The number of rotatable bonds is 9. The van der Waals surface area contributed by atoms with Crippen LogP contribution in [0.1, 0.15) is 43.7 Å². The molecule has 0 unspecified atom stereocenters. The average molecular weight is 528 g/mol. The molecule has 0 bridgehead atoms. The molecule has 0 saturated carbocycles. The van der Waals surface area contributed by atoms with Crippen LogP contribution in [0.3, 0.4) is 0 Å². The van der Waals surface area contributed by atoms with E-state index in [-0.39, 0.29) is 17.9 Å². The van der Waals surface area contributed by atoms with Gasteiger partial charge in [-0.05, 0) is 36.5 Å². The number of hydrogen-bond acceptors (Lipinski definition) is 7. The number of anilines is 3. The van der Waals surface area contributed by atoms with Crippen LogP contribution in [0.4, 0.5) is 17.6 Å². The van der Waals surface area contributed by atoms with Crippen molar-refractivity contribution in [1.82, 2.24) is 19.6 Å². The molecule has 10 heteroatoms. The van der Waals surface area contributed by atoms with Gasteiger partial charge in [0.25, 0.3) is 0 Å². The van der Waals surface area contributed by atoms with Crippen LogP contribution in [0.5, 0.6) is 0 Å². The molecule has 1 aliphatic heterocycles. The van der Waals surface area contributed by atoms with Crippen LogP contribution in [-0.2, 0) is 16.1 Å². The summed E-state index contributed by atoms with van der Waals surface area (Å²) in [7, 11) is 0. The Morgan fingerprint density at radius 1 is 1.29 bits per heavy atom. The van der Waals surface area contributed by atoms with E-state index in [0.29, 0.717) is 23.8 Å². The molecule has 34 heavy (non-hydrogen) atoms. The molecule has 4 rings (SSSR count). The van der Waals surface area contributed by atoms with E-state index in [9.17, 15) is 4.79 Å². The van der Waals surface area contributed by atoms with Crippen LogP contribution >= 0.6 is 15.9 Å². The predicted molar refractivity (Wildman–Crippen MR) is 138 cm³/mol. The van der Waals surface area contributed by atoms with Crippen LogP contribution in [0, 0.1) is 0 Å². The zero-order chi connectivity index (χ0) is 23.9. The summed E-state index contributed by atoms with van der Waals surface area (Å²) in [5, 5.41) is 14.9. The molecular formula is C24H30BrN7O2. The van der Waals surface area contributed by atoms with Gasteiger partial charge in [0.2, 0.25) is 17.8 Å². The lowest BCUT2D eigenvalue weighted by molar-refractivity contribution is -0.111. The van der Waals surface area contributed by atoms with Crippen molar-refractivity contribution in [3.05, 3.63) is 53.7 Å². The van der Waals surface area contributed by atoms with Gasteiger partial charge in [-0.25, -0.2) is 0 Å². The van der Waals surface area contributed by atoms with E-state index < -0.39 is 0 Å². The Morgan fingerprint density at radius 3 is 2.88 bits per heavy atom. The summed E-state index contributed by atoms with van der Waals surface area (Å²) >= 11 is 3.27. The maximum absolute atomic E-state index is 12.0. The number of fused-ring (bicyclic) bond motifs is 1. The van der Waals surface area contributed by atoms with Crippen molar-refractivity contribution in [1.29, 1.82) is 0 Å². The summed E-state index contributed by atoms with van der Waals surface area (Å²) in [5.74, 6) is 1.32. The maximum atomic E-state index is 12.0. The second-order valence-corrected chi connectivity index (χ2v) is 9.14. The molecule has 0 radical (unpaired) electrons. The number of alkyl halides is 1. The molecule has 2 aromatic heterocycles. The van der Waals surface area contributed by atoms with Crippen molar-refractivity contribution < 1.29 is 9.53 Å². The molecule has 3 heterocycles. The fourth-order valence-electron chi connectivity index (χ4n) is 3.78. The topological polar surface area (TPSA) is 105 Å². The molecule has 0 atom stereocenters. The van der Waals surface area contributed by atoms with Crippen LogP contribution in [0.25, 0.3) is 5.65 Å². The van der Waals surface area contributed by atoms with Gasteiger partial charge in [-0.2, -0.15) is 19.6 Å². The zero-order valence-electron chi connectivity index (χ0n) is 19.4. The minimum absolute atomic E-state index is 0.163. The molecule has 3 N–H and O–H groups in total. The Hall–Kier alpha value is -2.98. The van der Waals surface area contributed by atoms with E-state index in [2.05, 4.69) is 50.8 Å². The third kappa shape index (κ3) is 6.12. The van der Waals surface area contributed by atoms with E-state index in [1.807, 2.05) is 30.5 Å². The summed E-state index contributed by atoms with van der Waals surface area (Å²) in [6.45, 7) is 6.26. The standard InChI is InChI=1S/C24H30BrN7O2/c1-16(2)20-15-27-32-22(20)30-23(29-18-8-11-34-12-9-18)31-24(32)26-14-17-5-3-6-19(13-17)28-21(33)7-4-10-25/h3-7,13,15-16,18H,8-12,14H2,1-2H3,(H,28,33)(H2,26,29,30,31). The number of ether oxygens (including phenoxy) is 1. The molecule has 180 valence electrons. The lowest BCUT2D eigenvalue weighted by atomic mass is 10.1. The second kappa shape index (κ2) is 11.4. The van der Waals surface area contributed by atoms with Gasteiger partial charge < -0.3 is 20.7 Å². The van der Waals surface area contributed by atoms with Crippen molar-refractivity contribution in [2.45, 2.75) is 45.2 Å². The van der Waals surface area contributed by atoms with Gasteiger partial charge in [0.15, 0.2) is 5.65 Å². The summed E-state index contributed by atoms with van der Waals surface area (Å²) < 4.78 is 7.22. The normalized spacial score (nSPS) is 14.7. The summed E-state index contributed by atoms with van der Waals surface area (Å²) in [5.41, 5.74) is 3.60. The Bertz CT molecular complexity index is 1160. The average Bonchev–Trinajstić information content (AvgIpc) is 3.26. The number of aromatic nitrogens is 4. The maximum Gasteiger partial charge on any atom is 0.248 e. The monoisotopic (exact) mass is 527 g/mol. The van der Waals surface area contributed by atoms with E-state index in [1.54, 1.807) is 10.6 Å². The number of carbonyl (C=O) groups is 1. The highest BCUT2D eigenvalue weighted by atomic mass is 79.9. The lowest BCUT2D eigenvalue weighted by Crippen LogP contribution is -2.29. The van der Waals surface area contributed by atoms with Gasteiger partial charge >= 0.3 is 0 Å². The van der Waals surface area contributed by atoms with Gasteiger partial charge in [-0.15, -0.1) is 0 Å². The van der Waals surface area contributed by atoms with Crippen molar-refractivity contribution in [2.24, 2.45) is 0 Å². The van der Waals surface area contributed by atoms with Crippen LogP contribution in [0.2, 0.25) is 0 Å². The number of carbonyl (C=O) groups excluding carboxylic acids is 1. The molecule has 1 saturated heterocycles. The predicted octanol–water partition coefficient (Wildman–Crippen LogP) is 4.34. The van der Waals surface area contributed by atoms with Crippen molar-refractivity contribution >= 4 is 45.1 Å². The Labute approximate surface area is 207 Å². The van der Waals surface area contributed by atoms with E-state index in [4.69, 9.17) is 14.7 Å². The number of halogens is 1. The first-order valence-electron chi connectivity index (χ1n) is 11.5. The molecule has 9 nitrogen and oxygen atoms in total. The molecule has 1 aromatic carbocycles. The van der Waals surface area contributed by atoms with E-state index in [1.165, 1.54) is 6.08 Å². The highest BCUT2D eigenvalue weighted by Gasteiger charge is 2.19. The number of amides is 1. The van der Waals surface area contributed by atoms with Gasteiger partial charge in [-0.1, -0.05) is 48.0 Å². The number of nitrogens with one attached hydrogen (secondary N) is 3. The second-order valence-electron chi connectivity index (χ2n) is 8.49. The quantitative estimate of drug-likeness (QED) is 0.280. The molecular weight excluding hydrogens is 498 g/mol. The zero-order valence-corrected chi connectivity index (χ0v) is 21.0. The Balaban J connectivity index is 1.54.